The summed E-state index contributed by atoms with van der Waals surface area (Å²) < 4.78 is 0. The lowest BCUT2D eigenvalue weighted by Gasteiger charge is -2.30. The standard InChI is InChI=1S/C16H22N2OS/c1-20-16-8-4-7-15(14(16)9-17)18-10-12-5-2-3-6-13(12)11-19/h4,7-8,12-13,18-19H,2-3,5-6,10-11H2,1H3. The van der Waals surface area contributed by atoms with Crippen LogP contribution < -0.4 is 5.32 Å². The van der Waals surface area contributed by atoms with E-state index in [4.69, 9.17) is 0 Å². The third kappa shape index (κ3) is 3.47. The number of anilines is 1. The molecule has 1 saturated carbocycles. The highest BCUT2D eigenvalue weighted by atomic mass is 32.2. The Bertz CT molecular complexity index is 484. The van der Waals surface area contributed by atoms with Crippen molar-refractivity contribution in [3.63, 3.8) is 0 Å². The normalized spacial score (nSPS) is 22.2. The predicted molar refractivity (Wildman–Crippen MR) is 84.0 cm³/mol. The first-order valence-corrected chi connectivity index (χ1v) is 8.44. The Morgan fingerprint density at radius 3 is 2.75 bits per heavy atom. The first-order chi connectivity index (χ1) is 9.80. The summed E-state index contributed by atoms with van der Waals surface area (Å²) in [5.74, 6) is 0.920. The monoisotopic (exact) mass is 290 g/mol. The molecule has 0 spiro atoms. The van der Waals surface area contributed by atoms with E-state index in [9.17, 15) is 10.4 Å². The second-order valence-corrected chi connectivity index (χ2v) is 6.21. The second-order valence-electron chi connectivity index (χ2n) is 5.36. The quantitative estimate of drug-likeness (QED) is 0.815. The summed E-state index contributed by atoms with van der Waals surface area (Å²) in [5, 5.41) is 22.2. The maximum Gasteiger partial charge on any atom is 0.102 e. The first kappa shape index (κ1) is 15.2. The topological polar surface area (TPSA) is 56.0 Å². The summed E-state index contributed by atoms with van der Waals surface area (Å²) >= 11 is 1.60. The Hall–Kier alpha value is -1.18. The first-order valence-electron chi connectivity index (χ1n) is 7.22. The van der Waals surface area contributed by atoms with E-state index in [0.717, 1.165) is 29.1 Å². The van der Waals surface area contributed by atoms with Crippen LogP contribution in [0, 0.1) is 23.2 Å². The molecule has 0 heterocycles. The summed E-state index contributed by atoms with van der Waals surface area (Å²) in [6.07, 6.45) is 6.76. The molecule has 0 aliphatic heterocycles. The number of aliphatic hydroxyl groups is 1. The average Bonchev–Trinajstić information content (AvgIpc) is 2.52. The van der Waals surface area contributed by atoms with E-state index >= 15 is 0 Å². The van der Waals surface area contributed by atoms with Crippen molar-refractivity contribution in [2.24, 2.45) is 11.8 Å². The minimum absolute atomic E-state index is 0.280. The van der Waals surface area contributed by atoms with Crippen LogP contribution in [0.15, 0.2) is 23.1 Å². The van der Waals surface area contributed by atoms with Gasteiger partial charge in [0.2, 0.25) is 0 Å². The maximum atomic E-state index is 9.46. The number of nitrogens with one attached hydrogen (secondary N) is 1. The number of thioether (sulfide) groups is 1. The molecule has 0 amide bonds. The highest BCUT2D eigenvalue weighted by molar-refractivity contribution is 7.98. The predicted octanol–water partition coefficient (Wildman–Crippen LogP) is 3.49. The molecule has 2 rings (SSSR count). The molecule has 1 fully saturated rings. The van der Waals surface area contributed by atoms with Crippen molar-refractivity contribution in [3.05, 3.63) is 23.8 Å². The van der Waals surface area contributed by atoms with Gasteiger partial charge in [-0.25, -0.2) is 0 Å². The Kier molecular flexibility index (Phi) is 5.75. The molecule has 3 nitrogen and oxygen atoms in total. The zero-order chi connectivity index (χ0) is 14.4. The number of aliphatic hydroxyl groups excluding tert-OH is 1. The molecule has 2 unspecified atom stereocenters. The highest BCUT2D eigenvalue weighted by Crippen LogP contribution is 2.31. The van der Waals surface area contributed by atoms with E-state index < -0.39 is 0 Å². The van der Waals surface area contributed by atoms with E-state index in [0.29, 0.717) is 11.8 Å². The molecule has 1 aliphatic rings. The van der Waals surface area contributed by atoms with Crippen LogP contribution in [-0.2, 0) is 0 Å². The van der Waals surface area contributed by atoms with Crippen LogP contribution in [0.1, 0.15) is 31.2 Å². The largest absolute Gasteiger partial charge is 0.396 e. The van der Waals surface area contributed by atoms with Crippen LogP contribution in [0.5, 0.6) is 0 Å². The van der Waals surface area contributed by atoms with Gasteiger partial charge in [-0.15, -0.1) is 11.8 Å². The van der Waals surface area contributed by atoms with Crippen LogP contribution in [0.3, 0.4) is 0 Å². The summed E-state index contributed by atoms with van der Waals surface area (Å²) in [6.45, 7) is 1.13. The number of hydrogen-bond acceptors (Lipinski definition) is 4. The van der Waals surface area contributed by atoms with Crippen LogP contribution in [0.4, 0.5) is 5.69 Å². The molecule has 1 aliphatic carbocycles. The van der Waals surface area contributed by atoms with Crippen LogP contribution in [0.2, 0.25) is 0 Å². The summed E-state index contributed by atoms with van der Waals surface area (Å²) in [5.41, 5.74) is 1.65. The van der Waals surface area contributed by atoms with Gasteiger partial charge in [0.25, 0.3) is 0 Å². The SMILES string of the molecule is CSc1cccc(NCC2CCCCC2CO)c1C#N. The molecule has 4 heteroatoms. The molecular formula is C16H22N2OS. The van der Waals surface area contributed by atoms with E-state index in [-0.39, 0.29) is 6.61 Å². The summed E-state index contributed by atoms with van der Waals surface area (Å²) in [4.78, 5) is 1.01. The Balaban J connectivity index is 2.05. The van der Waals surface area contributed by atoms with Crippen molar-refractivity contribution in [2.75, 3.05) is 24.7 Å². The second kappa shape index (κ2) is 7.56. The summed E-state index contributed by atoms with van der Waals surface area (Å²) in [6, 6.07) is 8.23. The lowest BCUT2D eigenvalue weighted by Crippen LogP contribution is -2.28. The summed E-state index contributed by atoms with van der Waals surface area (Å²) in [7, 11) is 0. The van der Waals surface area contributed by atoms with Gasteiger partial charge in [0.15, 0.2) is 0 Å². The van der Waals surface area contributed by atoms with Gasteiger partial charge >= 0.3 is 0 Å². The van der Waals surface area contributed by atoms with Gasteiger partial charge in [0, 0.05) is 18.0 Å². The van der Waals surface area contributed by atoms with E-state index in [1.54, 1.807) is 11.8 Å². The van der Waals surface area contributed by atoms with Gasteiger partial charge in [-0.1, -0.05) is 18.9 Å². The molecule has 2 atom stereocenters. The third-order valence-electron chi connectivity index (χ3n) is 4.21. The van der Waals surface area contributed by atoms with Crippen molar-refractivity contribution in [2.45, 2.75) is 30.6 Å². The molecule has 2 N–H and O–H groups in total. The van der Waals surface area contributed by atoms with Gasteiger partial charge in [0.1, 0.15) is 6.07 Å². The number of hydrogen-bond donors (Lipinski definition) is 2. The average molecular weight is 290 g/mol. The van der Waals surface area contributed by atoms with Gasteiger partial charge in [0.05, 0.1) is 11.3 Å². The van der Waals surface area contributed by atoms with E-state index in [2.05, 4.69) is 11.4 Å². The van der Waals surface area contributed by atoms with Crippen molar-refractivity contribution >= 4 is 17.4 Å². The minimum atomic E-state index is 0.280. The molecule has 108 valence electrons. The Morgan fingerprint density at radius 1 is 1.35 bits per heavy atom. The van der Waals surface area contributed by atoms with Crippen LogP contribution in [0.25, 0.3) is 0 Å². The van der Waals surface area contributed by atoms with Gasteiger partial charge in [-0.2, -0.15) is 5.26 Å². The fourth-order valence-electron chi connectivity index (χ4n) is 3.00. The zero-order valence-corrected chi connectivity index (χ0v) is 12.7. The molecule has 1 aromatic carbocycles. The third-order valence-corrected chi connectivity index (χ3v) is 4.99. The maximum absolute atomic E-state index is 9.46. The molecule has 0 radical (unpaired) electrons. The number of rotatable bonds is 5. The lowest BCUT2D eigenvalue weighted by atomic mass is 9.79. The minimum Gasteiger partial charge on any atom is -0.396 e. The van der Waals surface area contributed by atoms with Crippen LogP contribution >= 0.6 is 11.8 Å². The number of benzene rings is 1. The fraction of sp³-hybridized carbons (Fsp3) is 0.562. The molecule has 0 saturated heterocycles. The van der Waals surface area contributed by atoms with Crippen molar-refractivity contribution in [1.82, 2.24) is 0 Å². The van der Waals surface area contributed by atoms with Crippen LogP contribution in [-0.4, -0.2) is 24.5 Å². The number of nitrogens with zero attached hydrogens (tertiary/aromatic N) is 1. The van der Waals surface area contributed by atoms with Crippen molar-refractivity contribution in [3.8, 4) is 6.07 Å². The highest BCUT2D eigenvalue weighted by Gasteiger charge is 2.24. The fourth-order valence-corrected chi connectivity index (χ4v) is 3.57. The van der Waals surface area contributed by atoms with Gasteiger partial charge < -0.3 is 10.4 Å². The van der Waals surface area contributed by atoms with Crippen molar-refractivity contribution in [1.29, 1.82) is 5.26 Å². The molecule has 20 heavy (non-hydrogen) atoms. The van der Waals surface area contributed by atoms with E-state index in [1.807, 2.05) is 24.5 Å². The lowest BCUT2D eigenvalue weighted by molar-refractivity contribution is 0.141. The zero-order valence-electron chi connectivity index (χ0n) is 11.9. The molecule has 0 aromatic heterocycles. The number of nitriles is 1. The smallest absolute Gasteiger partial charge is 0.102 e. The molecule has 1 aromatic rings. The molecular weight excluding hydrogens is 268 g/mol. The Morgan fingerprint density at radius 2 is 2.10 bits per heavy atom. The van der Waals surface area contributed by atoms with Gasteiger partial charge in [-0.05, 0) is 43.1 Å². The molecule has 0 bridgehead atoms. The van der Waals surface area contributed by atoms with E-state index in [1.165, 1.54) is 19.3 Å². The van der Waals surface area contributed by atoms with Gasteiger partial charge in [-0.3, -0.25) is 0 Å². The Labute approximate surface area is 125 Å². The van der Waals surface area contributed by atoms with Crippen molar-refractivity contribution < 1.29 is 5.11 Å².